The van der Waals surface area contributed by atoms with Crippen molar-refractivity contribution in [3.63, 3.8) is 0 Å². The Morgan fingerprint density at radius 3 is 2.44 bits per heavy atom. The average molecular weight is 224 g/mol. The number of likely N-dealkylation sites (tertiary alicyclic amines) is 1. The first-order chi connectivity index (χ1) is 7.67. The van der Waals surface area contributed by atoms with Gasteiger partial charge in [-0.1, -0.05) is 13.3 Å². The Kier molecular flexibility index (Phi) is 3.91. The van der Waals surface area contributed by atoms with Crippen LogP contribution in [0, 0.1) is 5.41 Å². The average Bonchev–Trinajstić information content (AvgIpc) is 2.73. The standard InChI is InChI=1S/C14H28N2/c1-4-14(8-9-15-10-14)11-16-12(2)6-5-7-13(16)3/h12-13,15H,4-11H2,1-3H3/t12-,13+,14?. The molecule has 0 aliphatic carbocycles. The van der Waals surface area contributed by atoms with Crippen molar-refractivity contribution >= 4 is 0 Å². The van der Waals surface area contributed by atoms with Gasteiger partial charge in [0.2, 0.25) is 0 Å². The molecule has 94 valence electrons. The van der Waals surface area contributed by atoms with Crippen LogP contribution in [0.3, 0.4) is 0 Å². The number of hydrogen-bond donors (Lipinski definition) is 1. The van der Waals surface area contributed by atoms with E-state index >= 15 is 0 Å². The monoisotopic (exact) mass is 224 g/mol. The molecule has 2 fully saturated rings. The SMILES string of the molecule is CCC1(CN2[C@H](C)CCC[C@@H]2C)CCNC1. The molecule has 0 amide bonds. The van der Waals surface area contributed by atoms with Crippen LogP contribution in [0.4, 0.5) is 0 Å². The van der Waals surface area contributed by atoms with Gasteiger partial charge in [-0.05, 0) is 51.5 Å². The van der Waals surface area contributed by atoms with Crippen LogP contribution < -0.4 is 5.32 Å². The third kappa shape index (κ3) is 2.43. The van der Waals surface area contributed by atoms with Gasteiger partial charge in [0.15, 0.2) is 0 Å². The molecule has 2 saturated heterocycles. The Morgan fingerprint density at radius 1 is 1.25 bits per heavy atom. The molecule has 2 heterocycles. The summed E-state index contributed by atoms with van der Waals surface area (Å²) in [5, 5.41) is 3.56. The van der Waals surface area contributed by atoms with Crippen LogP contribution in [0.1, 0.15) is 52.9 Å². The number of hydrogen-bond acceptors (Lipinski definition) is 2. The van der Waals surface area contributed by atoms with Crippen molar-refractivity contribution in [3.8, 4) is 0 Å². The Balaban J connectivity index is 2.00. The molecule has 0 aromatic carbocycles. The van der Waals surface area contributed by atoms with E-state index in [0.717, 1.165) is 12.1 Å². The maximum Gasteiger partial charge on any atom is 0.00700 e. The Morgan fingerprint density at radius 2 is 1.94 bits per heavy atom. The lowest BCUT2D eigenvalue weighted by Crippen LogP contribution is -2.49. The van der Waals surface area contributed by atoms with Gasteiger partial charge in [-0.15, -0.1) is 0 Å². The van der Waals surface area contributed by atoms with Crippen LogP contribution in [0.5, 0.6) is 0 Å². The normalized spacial score (nSPS) is 41.4. The molecule has 0 bridgehead atoms. The van der Waals surface area contributed by atoms with Gasteiger partial charge >= 0.3 is 0 Å². The lowest BCUT2D eigenvalue weighted by atomic mass is 9.82. The quantitative estimate of drug-likeness (QED) is 0.793. The molecule has 2 aliphatic heterocycles. The van der Waals surface area contributed by atoms with Gasteiger partial charge in [0.25, 0.3) is 0 Å². The predicted molar refractivity (Wildman–Crippen MR) is 69.7 cm³/mol. The molecule has 0 radical (unpaired) electrons. The van der Waals surface area contributed by atoms with Crippen molar-refractivity contribution in [2.75, 3.05) is 19.6 Å². The fourth-order valence-electron chi connectivity index (χ4n) is 3.52. The first-order valence-corrected chi connectivity index (χ1v) is 7.13. The van der Waals surface area contributed by atoms with E-state index in [-0.39, 0.29) is 0 Å². The van der Waals surface area contributed by atoms with Crippen molar-refractivity contribution in [3.05, 3.63) is 0 Å². The molecule has 0 saturated carbocycles. The highest BCUT2D eigenvalue weighted by Gasteiger charge is 2.37. The molecular weight excluding hydrogens is 196 g/mol. The Labute approximate surface area is 101 Å². The van der Waals surface area contributed by atoms with Crippen molar-refractivity contribution < 1.29 is 0 Å². The fraction of sp³-hybridized carbons (Fsp3) is 1.00. The summed E-state index contributed by atoms with van der Waals surface area (Å²) in [5.41, 5.74) is 0.569. The van der Waals surface area contributed by atoms with E-state index in [1.165, 1.54) is 51.7 Å². The lowest BCUT2D eigenvalue weighted by Gasteiger charge is -2.44. The van der Waals surface area contributed by atoms with Crippen molar-refractivity contribution in [1.82, 2.24) is 10.2 Å². The van der Waals surface area contributed by atoms with Crippen molar-refractivity contribution in [2.45, 2.75) is 65.0 Å². The fourth-order valence-corrected chi connectivity index (χ4v) is 3.52. The zero-order valence-corrected chi connectivity index (χ0v) is 11.3. The zero-order valence-electron chi connectivity index (χ0n) is 11.3. The predicted octanol–water partition coefficient (Wildman–Crippen LogP) is 2.64. The van der Waals surface area contributed by atoms with Gasteiger partial charge in [0.05, 0.1) is 0 Å². The summed E-state index contributed by atoms with van der Waals surface area (Å²) in [7, 11) is 0. The maximum atomic E-state index is 3.56. The van der Waals surface area contributed by atoms with E-state index in [4.69, 9.17) is 0 Å². The van der Waals surface area contributed by atoms with Crippen LogP contribution in [0.2, 0.25) is 0 Å². The molecule has 2 heteroatoms. The second-order valence-electron chi connectivity index (χ2n) is 6.08. The molecular formula is C14H28N2. The summed E-state index contributed by atoms with van der Waals surface area (Å²) < 4.78 is 0. The van der Waals surface area contributed by atoms with Gasteiger partial charge in [-0.25, -0.2) is 0 Å². The Hall–Kier alpha value is -0.0800. The first-order valence-electron chi connectivity index (χ1n) is 7.13. The lowest BCUT2D eigenvalue weighted by molar-refractivity contribution is 0.0527. The van der Waals surface area contributed by atoms with Gasteiger partial charge in [0, 0.05) is 25.2 Å². The van der Waals surface area contributed by atoms with Gasteiger partial charge in [-0.2, -0.15) is 0 Å². The van der Waals surface area contributed by atoms with E-state index in [0.29, 0.717) is 5.41 Å². The summed E-state index contributed by atoms with van der Waals surface area (Å²) in [6, 6.07) is 1.60. The van der Waals surface area contributed by atoms with Crippen LogP contribution in [0.25, 0.3) is 0 Å². The van der Waals surface area contributed by atoms with E-state index in [2.05, 4.69) is 31.0 Å². The minimum atomic E-state index is 0.569. The van der Waals surface area contributed by atoms with E-state index in [1.807, 2.05) is 0 Å². The zero-order chi connectivity index (χ0) is 11.6. The molecule has 2 nitrogen and oxygen atoms in total. The molecule has 0 aromatic heterocycles. The van der Waals surface area contributed by atoms with Crippen LogP contribution in [-0.4, -0.2) is 36.6 Å². The van der Waals surface area contributed by atoms with E-state index < -0.39 is 0 Å². The van der Waals surface area contributed by atoms with Crippen molar-refractivity contribution in [2.24, 2.45) is 5.41 Å². The molecule has 2 aliphatic rings. The summed E-state index contributed by atoms with van der Waals surface area (Å²) in [4.78, 5) is 2.78. The number of rotatable bonds is 3. The van der Waals surface area contributed by atoms with E-state index in [1.54, 1.807) is 0 Å². The second-order valence-corrected chi connectivity index (χ2v) is 6.08. The second kappa shape index (κ2) is 5.05. The summed E-state index contributed by atoms with van der Waals surface area (Å²) in [6.45, 7) is 11.0. The number of piperidine rings is 1. The molecule has 1 N–H and O–H groups in total. The third-order valence-corrected chi connectivity index (χ3v) is 4.98. The summed E-state index contributed by atoms with van der Waals surface area (Å²) in [5.74, 6) is 0. The van der Waals surface area contributed by atoms with Gasteiger partial charge < -0.3 is 5.32 Å². The Bertz CT molecular complexity index is 211. The molecule has 1 unspecified atom stereocenters. The third-order valence-electron chi connectivity index (χ3n) is 4.98. The summed E-state index contributed by atoms with van der Waals surface area (Å²) >= 11 is 0. The topological polar surface area (TPSA) is 15.3 Å². The minimum Gasteiger partial charge on any atom is -0.316 e. The number of nitrogens with zero attached hydrogens (tertiary/aromatic N) is 1. The highest BCUT2D eigenvalue weighted by molar-refractivity contribution is 4.92. The smallest absolute Gasteiger partial charge is 0.00700 e. The van der Waals surface area contributed by atoms with Gasteiger partial charge in [0.1, 0.15) is 0 Å². The first kappa shape index (κ1) is 12.4. The highest BCUT2D eigenvalue weighted by atomic mass is 15.2. The summed E-state index contributed by atoms with van der Waals surface area (Å²) in [6.07, 6.45) is 6.93. The minimum absolute atomic E-state index is 0.569. The van der Waals surface area contributed by atoms with Crippen LogP contribution in [0.15, 0.2) is 0 Å². The van der Waals surface area contributed by atoms with Crippen LogP contribution in [-0.2, 0) is 0 Å². The number of nitrogens with one attached hydrogen (secondary N) is 1. The molecule has 0 spiro atoms. The molecule has 3 atom stereocenters. The molecule has 0 aromatic rings. The largest absolute Gasteiger partial charge is 0.316 e. The van der Waals surface area contributed by atoms with Gasteiger partial charge in [-0.3, -0.25) is 4.90 Å². The maximum absolute atomic E-state index is 3.56. The van der Waals surface area contributed by atoms with E-state index in [9.17, 15) is 0 Å². The van der Waals surface area contributed by atoms with Crippen LogP contribution >= 0.6 is 0 Å². The van der Waals surface area contributed by atoms with Crippen molar-refractivity contribution in [1.29, 1.82) is 0 Å². The molecule has 16 heavy (non-hydrogen) atoms. The highest BCUT2D eigenvalue weighted by Crippen LogP contribution is 2.34. The molecule has 2 rings (SSSR count).